The fourth-order valence-electron chi connectivity index (χ4n) is 2.92. The average molecular weight is 451 g/mol. The zero-order valence-corrected chi connectivity index (χ0v) is 19.1. The summed E-state index contributed by atoms with van der Waals surface area (Å²) in [7, 11) is 1.56. The van der Waals surface area contributed by atoms with Crippen LogP contribution in [0.15, 0.2) is 77.7 Å². The van der Waals surface area contributed by atoms with Gasteiger partial charge in [-0.3, -0.25) is 9.59 Å². The number of ether oxygens (including phenoxy) is 2. The van der Waals surface area contributed by atoms with Crippen LogP contribution in [0.2, 0.25) is 0 Å². The molecule has 6 nitrogen and oxygen atoms in total. The third kappa shape index (κ3) is 6.52. The van der Waals surface area contributed by atoms with E-state index >= 15 is 0 Å². The van der Waals surface area contributed by atoms with Crippen molar-refractivity contribution in [1.29, 1.82) is 0 Å². The van der Waals surface area contributed by atoms with Crippen LogP contribution in [0.1, 0.15) is 24.2 Å². The Labute approximate surface area is 192 Å². The van der Waals surface area contributed by atoms with Crippen LogP contribution in [-0.2, 0) is 4.79 Å². The quantitative estimate of drug-likeness (QED) is 0.423. The number of rotatable bonds is 9. The van der Waals surface area contributed by atoms with Crippen molar-refractivity contribution >= 4 is 35.0 Å². The molecule has 0 saturated carbocycles. The van der Waals surface area contributed by atoms with E-state index in [1.165, 1.54) is 11.8 Å². The lowest BCUT2D eigenvalue weighted by atomic mass is 10.2. The molecule has 0 heterocycles. The first kappa shape index (κ1) is 23.2. The second kappa shape index (κ2) is 11.2. The zero-order chi connectivity index (χ0) is 22.9. The molecule has 3 aromatic rings. The van der Waals surface area contributed by atoms with Crippen molar-refractivity contribution in [3.05, 3.63) is 78.4 Å². The minimum atomic E-state index is -0.328. The van der Waals surface area contributed by atoms with Crippen LogP contribution < -0.4 is 20.1 Å². The van der Waals surface area contributed by atoms with Crippen molar-refractivity contribution in [2.45, 2.75) is 24.0 Å². The van der Waals surface area contributed by atoms with Gasteiger partial charge in [0.15, 0.2) is 0 Å². The molecule has 32 heavy (non-hydrogen) atoms. The van der Waals surface area contributed by atoms with Crippen LogP contribution in [0.5, 0.6) is 11.5 Å². The van der Waals surface area contributed by atoms with Crippen molar-refractivity contribution in [3.63, 3.8) is 0 Å². The maximum atomic E-state index is 12.6. The minimum Gasteiger partial charge on any atom is -0.497 e. The first-order chi connectivity index (χ1) is 15.5. The molecule has 2 amide bonds. The lowest BCUT2D eigenvalue weighted by Gasteiger charge is -2.13. The summed E-state index contributed by atoms with van der Waals surface area (Å²) in [6.45, 7) is 4.36. The van der Waals surface area contributed by atoms with Crippen molar-refractivity contribution in [3.8, 4) is 11.5 Å². The number of anilines is 2. The summed E-state index contributed by atoms with van der Waals surface area (Å²) in [5.41, 5.74) is 1.87. The molecule has 0 fully saturated rings. The fourth-order valence-corrected chi connectivity index (χ4v) is 3.84. The molecule has 3 aromatic carbocycles. The largest absolute Gasteiger partial charge is 0.497 e. The van der Waals surface area contributed by atoms with Gasteiger partial charge >= 0.3 is 0 Å². The van der Waals surface area contributed by atoms with Crippen LogP contribution in [0.3, 0.4) is 0 Å². The molecule has 7 heteroatoms. The zero-order valence-electron chi connectivity index (χ0n) is 18.3. The first-order valence-corrected chi connectivity index (χ1v) is 11.1. The summed E-state index contributed by atoms with van der Waals surface area (Å²) in [6.07, 6.45) is 0. The van der Waals surface area contributed by atoms with Gasteiger partial charge in [-0.25, -0.2) is 0 Å². The van der Waals surface area contributed by atoms with E-state index in [2.05, 4.69) is 10.6 Å². The fraction of sp³-hybridized carbons (Fsp3) is 0.200. The number of amides is 2. The van der Waals surface area contributed by atoms with Gasteiger partial charge in [0.2, 0.25) is 5.91 Å². The first-order valence-electron chi connectivity index (χ1n) is 10.2. The molecule has 0 saturated heterocycles. The molecule has 0 aliphatic heterocycles. The summed E-state index contributed by atoms with van der Waals surface area (Å²) < 4.78 is 10.6. The van der Waals surface area contributed by atoms with Crippen molar-refractivity contribution in [2.24, 2.45) is 0 Å². The highest BCUT2D eigenvalue weighted by molar-refractivity contribution is 8.00. The number of hydrogen-bond donors (Lipinski definition) is 2. The highest BCUT2D eigenvalue weighted by Crippen LogP contribution is 2.27. The Morgan fingerprint density at radius 2 is 1.66 bits per heavy atom. The molecule has 166 valence electrons. The molecule has 0 spiro atoms. The molecule has 0 aromatic heterocycles. The molecule has 2 N–H and O–H groups in total. The SMILES string of the molecule is CCOc1ccc(NC(=O)C(C)Sc2cccc(NC(=O)c3cccc(OC)c3)c2)cc1. The van der Waals surface area contributed by atoms with E-state index in [9.17, 15) is 9.59 Å². The molecule has 3 rings (SSSR count). The highest BCUT2D eigenvalue weighted by atomic mass is 32.2. The van der Waals surface area contributed by atoms with E-state index in [0.717, 1.165) is 10.6 Å². The number of nitrogens with one attached hydrogen (secondary N) is 2. The molecule has 0 bridgehead atoms. The molecular weight excluding hydrogens is 424 g/mol. The third-order valence-electron chi connectivity index (χ3n) is 4.54. The number of thioether (sulfide) groups is 1. The van der Waals surface area contributed by atoms with Gasteiger partial charge in [0, 0.05) is 21.8 Å². The van der Waals surface area contributed by atoms with Gasteiger partial charge in [-0.05, 0) is 74.5 Å². The summed E-state index contributed by atoms with van der Waals surface area (Å²) in [5.74, 6) is 1.05. The predicted octanol–water partition coefficient (Wildman–Crippen LogP) is 5.47. The maximum absolute atomic E-state index is 12.6. The number of carbonyl (C=O) groups is 2. The summed E-state index contributed by atoms with van der Waals surface area (Å²) in [5, 5.41) is 5.47. The van der Waals surface area contributed by atoms with Gasteiger partial charge in [-0.2, -0.15) is 0 Å². The summed E-state index contributed by atoms with van der Waals surface area (Å²) in [6, 6.07) is 21.7. The Morgan fingerprint density at radius 3 is 2.38 bits per heavy atom. The van der Waals surface area contributed by atoms with Gasteiger partial charge in [0.1, 0.15) is 11.5 Å². The van der Waals surface area contributed by atoms with E-state index in [-0.39, 0.29) is 17.1 Å². The van der Waals surface area contributed by atoms with Gasteiger partial charge in [0.25, 0.3) is 5.91 Å². The molecule has 1 atom stereocenters. The third-order valence-corrected chi connectivity index (χ3v) is 5.63. The minimum absolute atomic E-state index is 0.107. The monoisotopic (exact) mass is 450 g/mol. The molecule has 0 aliphatic rings. The smallest absolute Gasteiger partial charge is 0.255 e. The predicted molar refractivity (Wildman–Crippen MR) is 129 cm³/mol. The lowest BCUT2D eigenvalue weighted by molar-refractivity contribution is -0.115. The van der Waals surface area contributed by atoms with Crippen LogP contribution in [0.25, 0.3) is 0 Å². The summed E-state index contributed by atoms with van der Waals surface area (Å²) in [4.78, 5) is 26.0. The van der Waals surface area contributed by atoms with Gasteiger partial charge in [-0.1, -0.05) is 12.1 Å². The van der Waals surface area contributed by atoms with Crippen molar-refractivity contribution in [1.82, 2.24) is 0 Å². The lowest BCUT2D eigenvalue weighted by Crippen LogP contribution is -2.22. The van der Waals surface area contributed by atoms with E-state index in [4.69, 9.17) is 9.47 Å². The standard InChI is InChI=1S/C25H26N2O4S/c1-4-31-21-13-11-19(12-14-21)26-24(28)17(2)32-23-10-6-8-20(16-23)27-25(29)18-7-5-9-22(15-18)30-3/h5-17H,4H2,1-3H3,(H,26,28)(H,27,29). The van der Waals surface area contributed by atoms with E-state index in [1.54, 1.807) is 31.4 Å². The topological polar surface area (TPSA) is 76.7 Å². The van der Waals surface area contributed by atoms with Gasteiger partial charge in [0.05, 0.1) is 19.0 Å². The molecule has 1 unspecified atom stereocenters. The van der Waals surface area contributed by atoms with E-state index in [1.807, 2.05) is 62.4 Å². The average Bonchev–Trinajstić information content (AvgIpc) is 2.80. The number of benzene rings is 3. The number of hydrogen-bond acceptors (Lipinski definition) is 5. The van der Waals surface area contributed by atoms with Crippen LogP contribution in [-0.4, -0.2) is 30.8 Å². The Hall–Kier alpha value is -3.45. The molecule has 0 radical (unpaired) electrons. The van der Waals surface area contributed by atoms with Crippen molar-refractivity contribution in [2.75, 3.05) is 24.4 Å². The second-order valence-corrected chi connectivity index (χ2v) is 8.33. The Bertz CT molecular complexity index is 1070. The molecule has 0 aliphatic carbocycles. The molecular formula is C25H26N2O4S. The van der Waals surface area contributed by atoms with Crippen molar-refractivity contribution < 1.29 is 19.1 Å². The van der Waals surface area contributed by atoms with Crippen LogP contribution in [0.4, 0.5) is 11.4 Å². The van der Waals surface area contributed by atoms with E-state index in [0.29, 0.717) is 29.3 Å². The summed E-state index contributed by atoms with van der Waals surface area (Å²) >= 11 is 1.42. The number of methoxy groups -OCH3 is 1. The Kier molecular flexibility index (Phi) is 8.16. The van der Waals surface area contributed by atoms with Crippen LogP contribution in [0, 0.1) is 0 Å². The second-order valence-electron chi connectivity index (χ2n) is 6.92. The Balaban J connectivity index is 1.59. The maximum Gasteiger partial charge on any atom is 0.255 e. The van der Waals surface area contributed by atoms with Gasteiger partial charge in [-0.15, -0.1) is 11.8 Å². The normalized spacial score (nSPS) is 11.3. The van der Waals surface area contributed by atoms with Crippen LogP contribution >= 0.6 is 11.8 Å². The van der Waals surface area contributed by atoms with E-state index < -0.39 is 0 Å². The highest BCUT2D eigenvalue weighted by Gasteiger charge is 2.15. The number of carbonyl (C=O) groups excluding carboxylic acids is 2. The Morgan fingerprint density at radius 1 is 0.906 bits per heavy atom. The van der Waals surface area contributed by atoms with Gasteiger partial charge < -0.3 is 20.1 Å².